The highest BCUT2D eigenvalue weighted by atomic mass is 16.2. The van der Waals surface area contributed by atoms with Crippen molar-refractivity contribution >= 4 is 23.3 Å². The van der Waals surface area contributed by atoms with Gasteiger partial charge in [0.25, 0.3) is 5.91 Å². The predicted octanol–water partition coefficient (Wildman–Crippen LogP) is 3.29. The van der Waals surface area contributed by atoms with Gasteiger partial charge in [-0.1, -0.05) is 6.92 Å². The average Bonchev–Trinajstić information content (AvgIpc) is 2.63. The number of nitrogens with one attached hydrogen (secondary N) is 1. The molecule has 1 saturated heterocycles. The van der Waals surface area contributed by atoms with Crippen molar-refractivity contribution in [3.8, 4) is 0 Å². The molecule has 2 aromatic rings. The Labute approximate surface area is 147 Å². The number of piperidine rings is 1. The van der Waals surface area contributed by atoms with Gasteiger partial charge in [-0.3, -0.25) is 9.59 Å². The van der Waals surface area contributed by atoms with Crippen LogP contribution in [0.1, 0.15) is 47.4 Å². The summed E-state index contributed by atoms with van der Waals surface area (Å²) < 4.78 is 0. The van der Waals surface area contributed by atoms with Crippen LogP contribution in [0.4, 0.5) is 11.6 Å². The first-order chi connectivity index (χ1) is 12.0. The van der Waals surface area contributed by atoms with Crippen LogP contribution in [0.25, 0.3) is 0 Å². The molecule has 0 bridgehead atoms. The van der Waals surface area contributed by atoms with Crippen molar-refractivity contribution in [3.05, 3.63) is 47.8 Å². The lowest BCUT2D eigenvalue weighted by Crippen LogP contribution is -2.38. The zero-order valence-electron chi connectivity index (χ0n) is 14.5. The highest BCUT2D eigenvalue weighted by molar-refractivity contribution is 5.94. The normalized spacial score (nSPS) is 15.0. The molecule has 1 N–H and O–H groups in total. The van der Waals surface area contributed by atoms with Crippen LogP contribution in [0.15, 0.2) is 36.7 Å². The van der Waals surface area contributed by atoms with E-state index in [4.69, 9.17) is 0 Å². The van der Waals surface area contributed by atoms with E-state index in [0.717, 1.165) is 31.6 Å². The highest BCUT2D eigenvalue weighted by Gasteiger charge is 2.21. The summed E-state index contributed by atoms with van der Waals surface area (Å²) in [6.45, 7) is 5.34. The third-order valence-electron chi connectivity index (χ3n) is 4.52. The summed E-state index contributed by atoms with van der Waals surface area (Å²) >= 11 is 0. The minimum atomic E-state index is -0.00994. The van der Waals surface area contributed by atoms with E-state index in [2.05, 4.69) is 22.2 Å². The Balaban J connectivity index is 1.63. The molecule has 2 heterocycles. The molecule has 0 unspecified atom stereocenters. The molecule has 6 nitrogen and oxygen atoms in total. The minimum absolute atomic E-state index is 0.00994. The molecule has 1 aliphatic heterocycles. The Morgan fingerprint density at radius 2 is 1.64 bits per heavy atom. The molecule has 3 rings (SSSR count). The third-order valence-corrected chi connectivity index (χ3v) is 4.52. The van der Waals surface area contributed by atoms with Gasteiger partial charge in [0.15, 0.2) is 5.78 Å². The monoisotopic (exact) mass is 338 g/mol. The summed E-state index contributed by atoms with van der Waals surface area (Å²) in [6, 6.07) is 7.10. The van der Waals surface area contributed by atoms with Crippen molar-refractivity contribution in [2.45, 2.75) is 26.7 Å². The van der Waals surface area contributed by atoms with Gasteiger partial charge in [-0.25, -0.2) is 9.97 Å². The lowest BCUT2D eigenvalue weighted by molar-refractivity contribution is 0.0696. The molecule has 130 valence electrons. The third kappa shape index (κ3) is 4.21. The fraction of sp³-hybridized carbons (Fsp3) is 0.368. The van der Waals surface area contributed by atoms with E-state index in [1.165, 1.54) is 6.92 Å². The molecule has 0 saturated carbocycles. The van der Waals surface area contributed by atoms with Crippen molar-refractivity contribution in [1.82, 2.24) is 14.9 Å². The number of Topliss-reactive ketones (excluding diaryl/α,β-unsaturated/α-hetero) is 1. The topological polar surface area (TPSA) is 75.2 Å². The van der Waals surface area contributed by atoms with E-state index in [1.807, 2.05) is 4.90 Å². The number of benzene rings is 1. The molecule has 1 aliphatic rings. The van der Waals surface area contributed by atoms with E-state index < -0.39 is 0 Å². The summed E-state index contributed by atoms with van der Waals surface area (Å²) in [5.74, 6) is 1.11. The van der Waals surface area contributed by atoms with Gasteiger partial charge < -0.3 is 10.2 Å². The number of likely N-dealkylation sites (tertiary alicyclic amines) is 1. The van der Waals surface area contributed by atoms with Gasteiger partial charge in [-0.2, -0.15) is 0 Å². The van der Waals surface area contributed by atoms with Gasteiger partial charge >= 0.3 is 0 Å². The van der Waals surface area contributed by atoms with E-state index in [0.29, 0.717) is 23.0 Å². The number of aromatic nitrogens is 2. The van der Waals surface area contributed by atoms with Crippen LogP contribution in [0.5, 0.6) is 0 Å². The lowest BCUT2D eigenvalue weighted by atomic mass is 9.99. The van der Waals surface area contributed by atoms with Crippen LogP contribution in [-0.4, -0.2) is 39.6 Å². The highest BCUT2D eigenvalue weighted by Crippen LogP contribution is 2.18. The number of nitrogens with zero attached hydrogens (tertiary/aromatic N) is 3. The minimum Gasteiger partial charge on any atom is -0.339 e. The Bertz CT molecular complexity index is 748. The first-order valence-corrected chi connectivity index (χ1v) is 8.52. The number of ketones is 1. The lowest BCUT2D eigenvalue weighted by Gasteiger charge is -2.30. The molecule has 25 heavy (non-hydrogen) atoms. The van der Waals surface area contributed by atoms with E-state index in [1.54, 1.807) is 36.7 Å². The van der Waals surface area contributed by atoms with Crippen molar-refractivity contribution in [3.63, 3.8) is 0 Å². The quantitative estimate of drug-likeness (QED) is 0.866. The number of carbonyl (C=O) groups is 2. The number of carbonyl (C=O) groups excluding carboxylic acids is 2. The van der Waals surface area contributed by atoms with E-state index >= 15 is 0 Å². The molecule has 0 spiro atoms. The van der Waals surface area contributed by atoms with Crippen LogP contribution in [0.3, 0.4) is 0 Å². The van der Waals surface area contributed by atoms with Gasteiger partial charge in [-0.15, -0.1) is 0 Å². The van der Waals surface area contributed by atoms with Gasteiger partial charge in [0.05, 0.1) is 5.56 Å². The first-order valence-electron chi connectivity index (χ1n) is 8.52. The van der Waals surface area contributed by atoms with Gasteiger partial charge in [0.2, 0.25) is 5.95 Å². The molecule has 1 aromatic carbocycles. The number of anilines is 2. The zero-order valence-corrected chi connectivity index (χ0v) is 14.5. The fourth-order valence-electron chi connectivity index (χ4n) is 2.81. The second-order valence-electron chi connectivity index (χ2n) is 6.53. The average molecular weight is 338 g/mol. The molecular weight excluding hydrogens is 316 g/mol. The molecule has 0 atom stereocenters. The smallest absolute Gasteiger partial charge is 0.256 e. The number of hydrogen-bond donors (Lipinski definition) is 1. The Hall–Kier alpha value is -2.76. The summed E-state index contributed by atoms with van der Waals surface area (Å²) in [5.41, 5.74) is 1.95. The molecule has 1 fully saturated rings. The zero-order chi connectivity index (χ0) is 17.8. The molecule has 6 heteroatoms. The molecule has 0 aliphatic carbocycles. The fourth-order valence-corrected chi connectivity index (χ4v) is 2.81. The standard InChI is InChI=1S/C19H22N4O2/c1-13-7-9-23(10-8-13)18(25)16-11-20-19(21-12-16)22-17-5-3-15(4-6-17)14(2)24/h3-6,11-13H,7-10H2,1-2H3,(H,20,21,22). The van der Waals surface area contributed by atoms with Crippen molar-refractivity contribution in [1.29, 1.82) is 0 Å². The molecule has 1 aromatic heterocycles. The van der Waals surface area contributed by atoms with Crippen LogP contribution >= 0.6 is 0 Å². The van der Waals surface area contributed by atoms with Gasteiger partial charge in [-0.05, 0) is 49.9 Å². The van der Waals surface area contributed by atoms with E-state index in [-0.39, 0.29) is 11.7 Å². The second-order valence-corrected chi connectivity index (χ2v) is 6.53. The van der Waals surface area contributed by atoms with Crippen LogP contribution < -0.4 is 5.32 Å². The summed E-state index contributed by atoms with van der Waals surface area (Å²) in [7, 11) is 0. The van der Waals surface area contributed by atoms with Crippen LogP contribution in [0.2, 0.25) is 0 Å². The van der Waals surface area contributed by atoms with Gasteiger partial charge in [0, 0.05) is 36.7 Å². The van der Waals surface area contributed by atoms with Crippen molar-refractivity contribution in [2.75, 3.05) is 18.4 Å². The van der Waals surface area contributed by atoms with Crippen LogP contribution in [-0.2, 0) is 0 Å². The molecule has 0 radical (unpaired) electrons. The first kappa shape index (κ1) is 17.1. The maximum atomic E-state index is 12.5. The summed E-state index contributed by atoms with van der Waals surface area (Å²) in [4.78, 5) is 34.1. The summed E-state index contributed by atoms with van der Waals surface area (Å²) in [5, 5.41) is 3.06. The maximum Gasteiger partial charge on any atom is 0.256 e. The van der Waals surface area contributed by atoms with Gasteiger partial charge in [0.1, 0.15) is 0 Å². The Morgan fingerprint density at radius 3 is 2.20 bits per heavy atom. The SMILES string of the molecule is CC(=O)c1ccc(Nc2ncc(C(=O)N3CCC(C)CC3)cn2)cc1. The van der Waals surface area contributed by atoms with Crippen molar-refractivity contribution in [2.24, 2.45) is 5.92 Å². The Morgan fingerprint density at radius 1 is 1.04 bits per heavy atom. The van der Waals surface area contributed by atoms with Crippen LogP contribution in [0, 0.1) is 5.92 Å². The summed E-state index contributed by atoms with van der Waals surface area (Å²) in [6.07, 6.45) is 5.20. The predicted molar refractivity (Wildman–Crippen MR) is 96.1 cm³/mol. The largest absolute Gasteiger partial charge is 0.339 e. The van der Waals surface area contributed by atoms with Crippen molar-refractivity contribution < 1.29 is 9.59 Å². The maximum absolute atomic E-state index is 12.5. The second kappa shape index (κ2) is 7.42. The Kier molecular flexibility index (Phi) is 5.07. The molecule has 1 amide bonds. The molecular formula is C19H22N4O2. The number of rotatable bonds is 4. The number of hydrogen-bond acceptors (Lipinski definition) is 5. The number of amides is 1. The van der Waals surface area contributed by atoms with E-state index in [9.17, 15) is 9.59 Å².